The molecule has 128 valence electrons. The van der Waals surface area contributed by atoms with E-state index in [-0.39, 0.29) is 5.91 Å². The third-order valence-corrected chi connectivity index (χ3v) is 5.67. The van der Waals surface area contributed by atoms with Gasteiger partial charge in [0.25, 0.3) is 0 Å². The molecule has 8 heteroatoms. The Hall–Kier alpha value is -2.58. The van der Waals surface area contributed by atoms with E-state index in [0.29, 0.717) is 16.7 Å². The number of carbonyl (C=O) groups is 1. The minimum atomic E-state index is -0.0660. The van der Waals surface area contributed by atoms with Crippen molar-refractivity contribution in [2.24, 2.45) is 0 Å². The van der Waals surface area contributed by atoms with Crippen molar-refractivity contribution in [2.75, 3.05) is 11.2 Å². The number of aromatic amines is 1. The summed E-state index contributed by atoms with van der Waals surface area (Å²) in [5.74, 6) is 0.874. The third kappa shape index (κ3) is 2.45. The molecule has 0 saturated heterocycles. The average Bonchev–Trinajstić information content (AvgIpc) is 3.22. The van der Waals surface area contributed by atoms with Crippen LogP contribution in [0.4, 0.5) is 0 Å². The van der Waals surface area contributed by atoms with Crippen LogP contribution in [-0.4, -0.2) is 31.5 Å². The molecule has 6 nitrogen and oxygen atoms in total. The van der Waals surface area contributed by atoms with Crippen molar-refractivity contribution in [1.29, 1.82) is 0 Å². The molecule has 5 rings (SSSR count). The van der Waals surface area contributed by atoms with Crippen LogP contribution in [-0.2, 0) is 4.79 Å². The van der Waals surface area contributed by atoms with Crippen LogP contribution in [0.2, 0.25) is 0 Å². The zero-order chi connectivity index (χ0) is 17.7. The molecule has 0 fully saturated rings. The van der Waals surface area contributed by atoms with Crippen LogP contribution in [0, 0.1) is 0 Å². The molecular weight excluding hydrogens is 414 g/mol. The maximum atomic E-state index is 11.9. The van der Waals surface area contributed by atoms with Crippen LogP contribution in [0.1, 0.15) is 0 Å². The van der Waals surface area contributed by atoms with Gasteiger partial charge in [0, 0.05) is 20.9 Å². The number of carbonyl (C=O) groups excluding carboxylic acids is 1. The number of halogens is 1. The van der Waals surface area contributed by atoms with E-state index in [2.05, 4.69) is 54.7 Å². The Bertz CT molecular complexity index is 1150. The van der Waals surface area contributed by atoms with Crippen LogP contribution in [0.5, 0.6) is 0 Å². The number of hydrogen-bond donors (Lipinski definition) is 2. The summed E-state index contributed by atoms with van der Waals surface area (Å²) >= 11 is 4.94. The summed E-state index contributed by atoms with van der Waals surface area (Å²) in [5.41, 5.74) is 6.76. The predicted molar refractivity (Wildman–Crippen MR) is 106 cm³/mol. The van der Waals surface area contributed by atoms with Crippen LogP contribution in [0.25, 0.3) is 33.5 Å². The maximum absolute atomic E-state index is 11.9. The topological polar surface area (TPSA) is 75.6 Å². The SMILES string of the molecule is O=C1CSc2nnc(-c3[nH]c4ccc(Br)cc4c3-c3ccccc3)n2N1. The Balaban J connectivity index is 1.82. The highest BCUT2D eigenvalue weighted by molar-refractivity contribution is 9.10. The molecule has 0 bridgehead atoms. The lowest BCUT2D eigenvalue weighted by atomic mass is 10.0. The normalized spacial score (nSPS) is 13.7. The van der Waals surface area contributed by atoms with E-state index in [1.807, 2.05) is 30.3 Å². The van der Waals surface area contributed by atoms with Crippen molar-refractivity contribution in [1.82, 2.24) is 19.9 Å². The summed E-state index contributed by atoms with van der Waals surface area (Å²) in [6.07, 6.45) is 0. The monoisotopic (exact) mass is 425 g/mol. The van der Waals surface area contributed by atoms with E-state index in [9.17, 15) is 4.79 Å². The van der Waals surface area contributed by atoms with Crippen LogP contribution < -0.4 is 5.43 Å². The Labute approximate surface area is 161 Å². The van der Waals surface area contributed by atoms with Gasteiger partial charge in [0.2, 0.25) is 16.9 Å². The molecule has 4 aromatic rings. The van der Waals surface area contributed by atoms with E-state index in [4.69, 9.17) is 0 Å². The van der Waals surface area contributed by atoms with E-state index in [1.165, 1.54) is 11.8 Å². The lowest BCUT2D eigenvalue weighted by Crippen LogP contribution is -2.29. The molecule has 2 N–H and O–H groups in total. The molecule has 0 saturated carbocycles. The number of amides is 1. The summed E-state index contributed by atoms with van der Waals surface area (Å²) in [5, 5.41) is 10.3. The smallest absolute Gasteiger partial charge is 0.249 e. The Morgan fingerprint density at radius 2 is 1.96 bits per heavy atom. The number of benzene rings is 2. The molecule has 0 radical (unpaired) electrons. The number of hydrogen-bond acceptors (Lipinski definition) is 4. The lowest BCUT2D eigenvalue weighted by molar-refractivity contribution is -0.114. The molecule has 0 atom stereocenters. The second-order valence-corrected chi connectivity index (χ2v) is 7.75. The van der Waals surface area contributed by atoms with Gasteiger partial charge >= 0.3 is 0 Å². The van der Waals surface area contributed by atoms with Crippen LogP contribution in [0.3, 0.4) is 0 Å². The number of fused-ring (bicyclic) bond motifs is 2. The van der Waals surface area contributed by atoms with Gasteiger partial charge in [0.1, 0.15) is 0 Å². The van der Waals surface area contributed by atoms with Gasteiger partial charge in [0.05, 0.1) is 11.4 Å². The molecule has 2 aromatic carbocycles. The van der Waals surface area contributed by atoms with Gasteiger partial charge in [-0.1, -0.05) is 58.0 Å². The number of thioether (sulfide) groups is 1. The minimum Gasteiger partial charge on any atom is -0.351 e. The summed E-state index contributed by atoms with van der Waals surface area (Å²) in [7, 11) is 0. The lowest BCUT2D eigenvalue weighted by Gasteiger charge is -2.15. The van der Waals surface area contributed by atoms with Crippen molar-refractivity contribution in [3.63, 3.8) is 0 Å². The van der Waals surface area contributed by atoms with Crippen LogP contribution in [0.15, 0.2) is 58.2 Å². The maximum Gasteiger partial charge on any atom is 0.249 e. The van der Waals surface area contributed by atoms with Gasteiger partial charge in [-0.3, -0.25) is 10.2 Å². The Morgan fingerprint density at radius 3 is 2.81 bits per heavy atom. The molecule has 0 aliphatic carbocycles. The predicted octanol–water partition coefficient (Wildman–Crippen LogP) is 4.03. The number of H-pyrrole nitrogens is 1. The fourth-order valence-corrected chi connectivity index (χ4v) is 4.20. The van der Waals surface area contributed by atoms with E-state index in [1.54, 1.807) is 4.68 Å². The second-order valence-electron chi connectivity index (χ2n) is 5.90. The Kier molecular flexibility index (Phi) is 3.61. The average molecular weight is 426 g/mol. The number of nitrogens with zero attached hydrogens (tertiary/aromatic N) is 3. The summed E-state index contributed by atoms with van der Waals surface area (Å²) in [4.78, 5) is 15.3. The largest absolute Gasteiger partial charge is 0.351 e. The molecule has 1 aliphatic rings. The molecule has 26 heavy (non-hydrogen) atoms. The van der Waals surface area contributed by atoms with Gasteiger partial charge in [-0.2, -0.15) is 0 Å². The molecular formula is C18H12BrN5OS. The molecule has 1 amide bonds. The molecule has 0 spiro atoms. The van der Waals surface area contributed by atoms with Gasteiger partial charge in [0.15, 0.2) is 0 Å². The standard InChI is InChI=1S/C18H12BrN5OS/c19-11-6-7-13-12(8-11)15(10-4-2-1-3-5-10)16(20-13)17-21-22-18-24(17)23-14(25)9-26-18/h1-8,20H,9H2,(H,23,25). The van der Waals surface area contributed by atoms with Gasteiger partial charge < -0.3 is 4.98 Å². The third-order valence-electron chi connectivity index (χ3n) is 4.25. The number of nitrogens with one attached hydrogen (secondary N) is 2. The highest BCUT2D eigenvalue weighted by Gasteiger charge is 2.25. The molecule has 3 heterocycles. The fourth-order valence-electron chi connectivity index (χ4n) is 3.15. The zero-order valence-electron chi connectivity index (χ0n) is 13.4. The van der Waals surface area contributed by atoms with Crippen molar-refractivity contribution in [3.05, 3.63) is 53.0 Å². The van der Waals surface area contributed by atoms with Crippen molar-refractivity contribution < 1.29 is 4.79 Å². The van der Waals surface area contributed by atoms with Crippen molar-refractivity contribution in [2.45, 2.75) is 5.16 Å². The second kappa shape index (κ2) is 6.00. The fraction of sp³-hybridized carbons (Fsp3) is 0.0556. The quantitative estimate of drug-likeness (QED) is 0.508. The van der Waals surface area contributed by atoms with E-state index >= 15 is 0 Å². The van der Waals surface area contributed by atoms with Crippen LogP contribution >= 0.6 is 27.7 Å². The minimum absolute atomic E-state index is 0.0660. The summed E-state index contributed by atoms with van der Waals surface area (Å²) in [6.45, 7) is 0. The first-order chi connectivity index (χ1) is 12.7. The molecule has 2 aromatic heterocycles. The first-order valence-electron chi connectivity index (χ1n) is 7.96. The van der Waals surface area contributed by atoms with E-state index < -0.39 is 0 Å². The first kappa shape index (κ1) is 15.7. The summed E-state index contributed by atoms with van der Waals surface area (Å²) in [6, 6.07) is 16.2. The number of aromatic nitrogens is 4. The van der Waals surface area contributed by atoms with E-state index in [0.717, 1.165) is 32.2 Å². The van der Waals surface area contributed by atoms with Gasteiger partial charge in [-0.25, -0.2) is 4.68 Å². The number of rotatable bonds is 2. The van der Waals surface area contributed by atoms with Gasteiger partial charge in [-0.05, 0) is 23.8 Å². The Morgan fingerprint density at radius 1 is 1.12 bits per heavy atom. The first-order valence-corrected chi connectivity index (χ1v) is 9.73. The van der Waals surface area contributed by atoms with Gasteiger partial charge in [-0.15, -0.1) is 10.2 Å². The van der Waals surface area contributed by atoms with Crippen molar-refractivity contribution >= 4 is 44.5 Å². The van der Waals surface area contributed by atoms with Crippen molar-refractivity contribution in [3.8, 4) is 22.6 Å². The zero-order valence-corrected chi connectivity index (χ0v) is 15.8. The summed E-state index contributed by atoms with van der Waals surface area (Å²) < 4.78 is 2.66. The highest BCUT2D eigenvalue weighted by Crippen LogP contribution is 2.39. The molecule has 0 unspecified atom stereocenters. The highest BCUT2D eigenvalue weighted by atomic mass is 79.9. The molecule has 1 aliphatic heterocycles.